The van der Waals surface area contributed by atoms with Gasteiger partial charge in [0.25, 0.3) is 0 Å². The van der Waals surface area contributed by atoms with Gasteiger partial charge in [0.05, 0.1) is 10.6 Å². The molecule has 11 heteroatoms. The van der Waals surface area contributed by atoms with Gasteiger partial charge >= 0.3 is 11.9 Å². The van der Waals surface area contributed by atoms with Crippen molar-refractivity contribution in [1.29, 1.82) is 0 Å². The fourth-order valence-electron chi connectivity index (χ4n) is 2.73. The standard InChI is InChI=1S/C17H14F3N3O4S/c1-28(26,27)13-9-7-12(8-10-13)23-16(24,17(18,19)20)15(22-25)14(21-23)11-5-3-2-4-6-11/h2-10,24-25H,1H3/b22-15+. The van der Waals surface area contributed by atoms with Crippen molar-refractivity contribution < 1.29 is 31.9 Å². The Morgan fingerprint density at radius 3 is 2.11 bits per heavy atom. The molecule has 0 bridgehead atoms. The maximum absolute atomic E-state index is 13.8. The number of hydrazone groups is 1. The van der Waals surface area contributed by atoms with E-state index in [1.54, 1.807) is 18.2 Å². The fraction of sp³-hybridized carbons (Fsp3) is 0.176. The number of oxime groups is 1. The van der Waals surface area contributed by atoms with Crippen LogP contribution in [-0.2, 0) is 9.84 Å². The summed E-state index contributed by atoms with van der Waals surface area (Å²) in [5.41, 5.74) is -5.29. The number of sulfone groups is 1. The van der Waals surface area contributed by atoms with E-state index in [1.807, 2.05) is 0 Å². The molecule has 1 aliphatic heterocycles. The molecule has 1 unspecified atom stereocenters. The predicted molar refractivity (Wildman–Crippen MR) is 95.2 cm³/mol. The molecule has 1 heterocycles. The van der Waals surface area contributed by atoms with Gasteiger partial charge in [-0.05, 0) is 24.3 Å². The quantitative estimate of drug-likeness (QED) is 0.594. The summed E-state index contributed by atoms with van der Waals surface area (Å²) in [4.78, 5) is -0.116. The minimum absolute atomic E-state index is 0.116. The van der Waals surface area contributed by atoms with Crippen LogP contribution in [0.15, 0.2) is 69.7 Å². The lowest BCUT2D eigenvalue weighted by atomic mass is 9.98. The van der Waals surface area contributed by atoms with Crippen LogP contribution in [0, 0.1) is 0 Å². The topological polar surface area (TPSA) is 103 Å². The van der Waals surface area contributed by atoms with E-state index in [2.05, 4.69) is 10.3 Å². The lowest BCUT2D eigenvalue weighted by Gasteiger charge is -2.33. The number of halogens is 3. The molecule has 148 valence electrons. The molecule has 0 fully saturated rings. The van der Waals surface area contributed by atoms with E-state index in [9.17, 15) is 31.9 Å². The Balaban J connectivity index is 2.20. The number of hydrogen-bond acceptors (Lipinski definition) is 7. The molecule has 0 aromatic heterocycles. The Labute approximate surface area is 157 Å². The molecular formula is C17H14F3N3O4S. The summed E-state index contributed by atoms with van der Waals surface area (Å²) >= 11 is 0. The Hall–Kier alpha value is -2.92. The average Bonchev–Trinajstić information content (AvgIpc) is 2.95. The van der Waals surface area contributed by atoms with E-state index in [4.69, 9.17) is 0 Å². The van der Waals surface area contributed by atoms with E-state index >= 15 is 0 Å². The number of alkyl halides is 3. The molecule has 0 aliphatic carbocycles. The Bertz CT molecular complexity index is 1050. The first-order chi connectivity index (χ1) is 13.0. The number of rotatable bonds is 3. The summed E-state index contributed by atoms with van der Waals surface area (Å²) in [5.74, 6) is 0. The molecule has 0 radical (unpaired) electrons. The highest BCUT2D eigenvalue weighted by Crippen LogP contribution is 2.42. The third-order valence-electron chi connectivity index (χ3n) is 4.11. The van der Waals surface area contributed by atoms with Gasteiger partial charge in [-0.2, -0.15) is 18.3 Å². The Kier molecular flexibility index (Phi) is 4.68. The van der Waals surface area contributed by atoms with Crippen LogP contribution in [-0.4, -0.2) is 48.3 Å². The van der Waals surface area contributed by atoms with Crippen LogP contribution in [0.1, 0.15) is 5.56 Å². The number of hydrogen-bond donors (Lipinski definition) is 2. The van der Waals surface area contributed by atoms with Crippen molar-refractivity contribution in [3.05, 3.63) is 60.2 Å². The zero-order valence-electron chi connectivity index (χ0n) is 14.3. The second-order valence-corrected chi connectivity index (χ2v) is 8.03. The van der Waals surface area contributed by atoms with Crippen LogP contribution in [0.25, 0.3) is 0 Å². The van der Waals surface area contributed by atoms with Crippen LogP contribution < -0.4 is 5.01 Å². The van der Waals surface area contributed by atoms with E-state index in [-0.39, 0.29) is 26.9 Å². The van der Waals surface area contributed by atoms with E-state index in [0.717, 1.165) is 30.5 Å². The van der Waals surface area contributed by atoms with Gasteiger partial charge in [0.15, 0.2) is 15.5 Å². The van der Waals surface area contributed by atoms with Gasteiger partial charge in [-0.25, -0.2) is 13.4 Å². The molecule has 1 aliphatic rings. The summed E-state index contributed by atoms with van der Waals surface area (Å²) in [6.45, 7) is 0. The predicted octanol–water partition coefficient (Wildman–Crippen LogP) is 2.40. The van der Waals surface area contributed by atoms with Crippen LogP contribution in [0.2, 0.25) is 0 Å². The van der Waals surface area contributed by atoms with Crippen LogP contribution in [0.5, 0.6) is 0 Å². The SMILES string of the molecule is CS(=O)(=O)c1ccc(N2N=C(c3ccccc3)/C(=N\O)C2(O)C(F)(F)F)cc1. The maximum Gasteiger partial charge on any atom is 0.445 e. The van der Waals surface area contributed by atoms with Gasteiger partial charge in [-0.3, -0.25) is 0 Å². The van der Waals surface area contributed by atoms with Crippen LogP contribution in [0.4, 0.5) is 18.9 Å². The lowest BCUT2D eigenvalue weighted by molar-refractivity contribution is -0.228. The van der Waals surface area contributed by atoms with Gasteiger partial charge in [0.1, 0.15) is 5.71 Å². The summed E-state index contributed by atoms with van der Waals surface area (Å²) in [6, 6.07) is 11.9. The average molecular weight is 413 g/mol. The van der Waals surface area contributed by atoms with Crippen molar-refractivity contribution >= 4 is 26.9 Å². The van der Waals surface area contributed by atoms with Crippen molar-refractivity contribution in [3.8, 4) is 0 Å². The maximum atomic E-state index is 13.8. The number of anilines is 1. The first-order valence-electron chi connectivity index (χ1n) is 7.76. The minimum Gasteiger partial charge on any atom is -0.410 e. The first-order valence-corrected chi connectivity index (χ1v) is 9.65. The molecule has 7 nitrogen and oxygen atoms in total. The zero-order chi connectivity index (χ0) is 20.7. The Morgan fingerprint density at radius 2 is 1.64 bits per heavy atom. The molecule has 3 rings (SSSR count). The van der Waals surface area contributed by atoms with Crippen molar-refractivity contribution in [1.82, 2.24) is 0 Å². The van der Waals surface area contributed by atoms with Crippen LogP contribution in [0.3, 0.4) is 0 Å². The lowest BCUT2D eigenvalue weighted by Crippen LogP contribution is -2.60. The number of nitrogens with zero attached hydrogens (tertiary/aromatic N) is 3. The van der Waals surface area contributed by atoms with E-state index < -0.39 is 27.5 Å². The highest BCUT2D eigenvalue weighted by atomic mass is 32.2. The van der Waals surface area contributed by atoms with Crippen molar-refractivity contribution in [2.24, 2.45) is 10.3 Å². The van der Waals surface area contributed by atoms with Crippen LogP contribution >= 0.6 is 0 Å². The second kappa shape index (κ2) is 6.60. The highest BCUT2D eigenvalue weighted by molar-refractivity contribution is 7.90. The summed E-state index contributed by atoms with van der Waals surface area (Å²) in [6.07, 6.45) is -4.34. The van der Waals surface area contributed by atoms with Gasteiger partial charge in [0, 0.05) is 11.8 Å². The van der Waals surface area contributed by atoms with Gasteiger partial charge in [0.2, 0.25) is 0 Å². The summed E-state index contributed by atoms with van der Waals surface area (Å²) in [7, 11) is -3.57. The van der Waals surface area contributed by atoms with E-state index in [0.29, 0.717) is 0 Å². The highest BCUT2D eigenvalue weighted by Gasteiger charge is 2.67. The molecular weight excluding hydrogens is 399 g/mol. The monoisotopic (exact) mass is 413 g/mol. The largest absolute Gasteiger partial charge is 0.445 e. The van der Waals surface area contributed by atoms with Crippen molar-refractivity contribution in [2.75, 3.05) is 11.3 Å². The Morgan fingerprint density at radius 1 is 1.07 bits per heavy atom. The minimum atomic E-state index is -5.29. The molecule has 2 aromatic carbocycles. The van der Waals surface area contributed by atoms with Crippen molar-refractivity contribution in [3.63, 3.8) is 0 Å². The summed E-state index contributed by atoms with van der Waals surface area (Å²) < 4.78 is 64.6. The first kappa shape index (κ1) is 19.8. The third kappa shape index (κ3) is 3.12. The molecule has 0 amide bonds. The smallest absolute Gasteiger partial charge is 0.410 e. The number of benzene rings is 2. The fourth-order valence-corrected chi connectivity index (χ4v) is 3.36. The normalized spacial score (nSPS) is 21.8. The van der Waals surface area contributed by atoms with Gasteiger partial charge in [-0.15, -0.1) is 0 Å². The van der Waals surface area contributed by atoms with Crippen molar-refractivity contribution in [2.45, 2.75) is 16.8 Å². The number of aliphatic hydroxyl groups is 1. The molecule has 2 N–H and O–H groups in total. The molecule has 0 spiro atoms. The molecule has 0 saturated heterocycles. The second-order valence-electron chi connectivity index (χ2n) is 6.01. The van der Waals surface area contributed by atoms with Gasteiger partial charge in [-0.1, -0.05) is 35.5 Å². The van der Waals surface area contributed by atoms with E-state index in [1.165, 1.54) is 12.1 Å². The molecule has 2 aromatic rings. The zero-order valence-corrected chi connectivity index (χ0v) is 15.1. The third-order valence-corrected chi connectivity index (χ3v) is 5.24. The summed E-state index contributed by atoms with van der Waals surface area (Å²) in [5, 5.41) is 26.5. The van der Waals surface area contributed by atoms with Gasteiger partial charge < -0.3 is 10.3 Å². The molecule has 28 heavy (non-hydrogen) atoms. The molecule has 0 saturated carbocycles. The molecule has 1 atom stereocenters.